The lowest BCUT2D eigenvalue weighted by Crippen LogP contribution is -2.35. The number of Topliss-reactive ketones (excluding diaryl/α,β-unsaturated/α-hetero) is 1. The van der Waals surface area contributed by atoms with Crippen molar-refractivity contribution in [3.8, 4) is 11.5 Å². The van der Waals surface area contributed by atoms with Crippen molar-refractivity contribution in [2.75, 3.05) is 40.4 Å². The molecular formula is C27H34N2O5. The molecule has 1 aliphatic rings. The van der Waals surface area contributed by atoms with Gasteiger partial charge >= 0.3 is 0 Å². The van der Waals surface area contributed by atoms with Crippen LogP contribution in [0.4, 0.5) is 0 Å². The molecule has 1 saturated heterocycles. The number of aryl methyl sites for hydroxylation is 2. The van der Waals surface area contributed by atoms with Gasteiger partial charge in [-0.1, -0.05) is 18.2 Å². The zero-order chi connectivity index (χ0) is 25.0. The Morgan fingerprint density at radius 1 is 0.971 bits per heavy atom. The first-order valence-electron chi connectivity index (χ1n) is 11.6. The molecule has 0 saturated carbocycles. The number of nitrogens with zero attached hydrogens (tertiary/aromatic N) is 2. The highest BCUT2D eigenvalue weighted by Crippen LogP contribution is 2.42. The van der Waals surface area contributed by atoms with Crippen LogP contribution < -0.4 is 9.47 Å². The number of benzene rings is 2. The van der Waals surface area contributed by atoms with Crippen molar-refractivity contribution in [3.63, 3.8) is 0 Å². The molecule has 7 nitrogen and oxygen atoms in total. The number of likely N-dealkylation sites (tertiary alicyclic amines) is 1. The van der Waals surface area contributed by atoms with Crippen molar-refractivity contribution >= 4 is 17.4 Å². The lowest BCUT2D eigenvalue weighted by molar-refractivity contribution is -0.140. The summed E-state index contributed by atoms with van der Waals surface area (Å²) in [7, 11) is 3.81. The third-order valence-corrected chi connectivity index (χ3v) is 5.99. The number of ketones is 1. The van der Waals surface area contributed by atoms with Crippen LogP contribution >= 0.6 is 0 Å². The summed E-state index contributed by atoms with van der Waals surface area (Å²) >= 11 is 0. The highest BCUT2D eigenvalue weighted by Gasteiger charge is 2.46. The van der Waals surface area contributed by atoms with Crippen molar-refractivity contribution in [3.05, 3.63) is 64.2 Å². The summed E-state index contributed by atoms with van der Waals surface area (Å²) in [6.07, 6.45) is 0. The monoisotopic (exact) mass is 466 g/mol. The summed E-state index contributed by atoms with van der Waals surface area (Å²) in [6.45, 7) is 9.52. The summed E-state index contributed by atoms with van der Waals surface area (Å²) in [5.74, 6) is -0.361. The predicted molar refractivity (Wildman–Crippen MR) is 132 cm³/mol. The van der Waals surface area contributed by atoms with Crippen LogP contribution in [-0.4, -0.2) is 67.0 Å². The summed E-state index contributed by atoms with van der Waals surface area (Å²) in [5.41, 5.74) is 3.33. The third kappa shape index (κ3) is 5.09. The molecule has 2 aromatic rings. The molecule has 34 heavy (non-hydrogen) atoms. The standard InChI is InChI=1S/C27H34N2O5/c1-7-33-21-12-11-19(16-22(21)34-8-2)24-23(25(30)20-10-9-17(3)18(4)15-20)26(31)27(32)29(24)14-13-28(5)6/h9-12,15-16,24,30H,7-8,13-14H2,1-6H3/b25-23-. The molecule has 2 aromatic carbocycles. The smallest absolute Gasteiger partial charge is 0.295 e. The number of hydrogen-bond donors (Lipinski definition) is 1. The Bertz CT molecular complexity index is 1110. The van der Waals surface area contributed by atoms with Gasteiger partial charge in [0.05, 0.1) is 24.8 Å². The molecule has 0 radical (unpaired) electrons. The zero-order valence-electron chi connectivity index (χ0n) is 20.8. The minimum absolute atomic E-state index is 0.0821. The number of rotatable bonds is 9. The van der Waals surface area contributed by atoms with Gasteiger partial charge in [-0.05, 0) is 76.7 Å². The number of aliphatic hydroxyl groups excluding tert-OH is 1. The van der Waals surface area contributed by atoms with Gasteiger partial charge in [-0.15, -0.1) is 0 Å². The zero-order valence-corrected chi connectivity index (χ0v) is 20.8. The van der Waals surface area contributed by atoms with Crippen LogP contribution in [-0.2, 0) is 9.59 Å². The largest absolute Gasteiger partial charge is 0.507 e. The second-order valence-electron chi connectivity index (χ2n) is 8.67. The quantitative estimate of drug-likeness (QED) is 0.341. The fourth-order valence-electron chi connectivity index (χ4n) is 4.05. The first-order chi connectivity index (χ1) is 16.2. The summed E-state index contributed by atoms with van der Waals surface area (Å²) in [5, 5.41) is 11.3. The Kier molecular flexibility index (Phi) is 7.99. The van der Waals surface area contributed by atoms with Crippen molar-refractivity contribution < 1.29 is 24.2 Å². The van der Waals surface area contributed by atoms with E-state index >= 15 is 0 Å². The van der Waals surface area contributed by atoms with E-state index in [1.54, 1.807) is 18.2 Å². The number of carbonyl (C=O) groups excluding carboxylic acids is 2. The first kappa shape index (κ1) is 25.3. The number of amides is 1. The molecule has 0 aromatic heterocycles. The lowest BCUT2D eigenvalue weighted by Gasteiger charge is -2.27. The number of hydrogen-bond acceptors (Lipinski definition) is 6. The van der Waals surface area contributed by atoms with Crippen molar-refractivity contribution in [2.24, 2.45) is 0 Å². The second kappa shape index (κ2) is 10.7. The van der Waals surface area contributed by atoms with E-state index in [-0.39, 0.29) is 11.3 Å². The molecule has 1 atom stereocenters. The van der Waals surface area contributed by atoms with Crippen LogP contribution in [0.5, 0.6) is 11.5 Å². The average Bonchev–Trinajstić information content (AvgIpc) is 3.05. The van der Waals surface area contributed by atoms with Crippen LogP contribution in [0.15, 0.2) is 42.0 Å². The molecule has 1 unspecified atom stereocenters. The molecule has 1 aliphatic heterocycles. The topological polar surface area (TPSA) is 79.3 Å². The van der Waals surface area contributed by atoms with Gasteiger partial charge in [0.15, 0.2) is 11.5 Å². The molecule has 1 fully saturated rings. The molecular weight excluding hydrogens is 432 g/mol. The number of likely N-dealkylation sites (N-methyl/N-ethyl adjacent to an activating group) is 1. The van der Waals surface area contributed by atoms with Crippen LogP contribution in [0.3, 0.4) is 0 Å². The van der Waals surface area contributed by atoms with E-state index in [4.69, 9.17) is 9.47 Å². The van der Waals surface area contributed by atoms with Gasteiger partial charge in [-0.3, -0.25) is 9.59 Å². The molecule has 0 aliphatic carbocycles. The van der Waals surface area contributed by atoms with Gasteiger partial charge in [-0.2, -0.15) is 0 Å². The molecule has 3 rings (SSSR count). The van der Waals surface area contributed by atoms with E-state index in [0.29, 0.717) is 48.9 Å². The van der Waals surface area contributed by atoms with Crippen molar-refractivity contribution in [1.29, 1.82) is 0 Å². The van der Waals surface area contributed by atoms with E-state index in [0.717, 1.165) is 11.1 Å². The fourth-order valence-corrected chi connectivity index (χ4v) is 4.05. The highest BCUT2D eigenvalue weighted by atomic mass is 16.5. The van der Waals surface area contributed by atoms with Crippen LogP contribution in [0.25, 0.3) is 5.76 Å². The molecule has 0 bridgehead atoms. The summed E-state index contributed by atoms with van der Waals surface area (Å²) in [6, 6.07) is 10.2. The molecule has 182 valence electrons. The molecule has 0 spiro atoms. The minimum atomic E-state index is -0.739. The van der Waals surface area contributed by atoms with E-state index in [2.05, 4.69) is 0 Å². The second-order valence-corrected chi connectivity index (χ2v) is 8.67. The number of carbonyl (C=O) groups is 2. The maximum absolute atomic E-state index is 13.2. The van der Waals surface area contributed by atoms with Crippen LogP contribution in [0, 0.1) is 13.8 Å². The van der Waals surface area contributed by atoms with Crippen LogP contribution in [0.2, 0.25) is 0 Å². The van der Waals surface area contributed by atoms with E-state index in [1.165, 1.54) is 4.90 Å². The average molecular weight is 467 g/mol. The van der Waals surface area contributed by atoms with Gasteiger partial charge < -0.3 is 24.4 Å². The van der Waals surface area contributed by atoms with E-state index < -0.39 is 17.7 Å². The normalized spacial score (nSPS) is 17.5. The fraction of sp³-hybridized carbons (Fsp3) is 0.407. The van der Waals surface area contributed by atoms with Gasteiger partial charge in [0.2, 0.25) is 0 Å². The Balaban J connectivity index is 2.19. The molecule has 7 heteroatoms. The Morgan fingerprint density at radius 3 is 2.26 bits per heavy atom. The van der Waals surface area contributed by atoms with Crippen molar-refractivity contribution in [2.45, 2.75) is 33.7 Å². The highest BCUT2D eigenvalue weighted by molar-refractivity contribution is 6.46. The van der Waals surface area contributed by atoms with Gasteiger partial charge in [0, 0.05) is 18.7 Å². The van der Waals surface area contributed by atoms with Crippen molar-refractivity contribution in [1.82, 2.24) is 9.80 Å². The van der Waals surface area contributed by atoms with Gasteiger partial charge in [-0.25, -0.2) is 0 Å². The Morgan fingerprint density at radius 2 is 1.65 bits per heavy atom. The van der Waals surface area contributed by atoms with Crippen LogP contribution in [0.1, 0.15) is 42.1 Å². The summed E-state index contributed by atoms with van der Waals surface area (Å²) in [4.78, 5) is 29.8. The van der Waals surface area contributed by atoms with E-state index in [9.17, 15) is 14.7 Å². The summed E-state index contributed by atoms with van der Waals surface area (Å²) < 4.78 is 11.5. The minimum Gasteiger partial charge on any atom is -0.507 e. The number of aliphatic hydroxyl groups is 1. The molecule has 1 N–H and O–H groups in total. The maximum atomic E-state index is 13.2. The van der Waals surface area contributed by atoms with Gasteiger partial charge in [0.25, 0.3) is 11.7 Å². The Hall–Kier alpha value is -3.32. The van der Waals surface area contributed by atoms with Gasteiger partial charge in [0.1, 0.15) is 5.76 Å². The number of ether oxygens (including phenoxy) is 2. The SMILES string of the molecule is CCOc1ccc(C2/C(=C(/O)c3ccc(C)c(C)c3)C(=O)C(=O)N2CCN(C)C)cc1OCC. The molecule has 1 heterocycles. The molecule has 1 amide bonds. The third-order valence-electron chi connectivity index (χ3n) is 5.99. The predicted octanol–water partition coefficient (Wildman–Crippen LogP) is 4.08. The lowest BCUT2D eigenvalue weighted by atomic mass is 9.94. The maximum Gasteiger partial charge on any atom is 0.295 e. The Labute approximate surface area is 201 Å². The first-order valence-corrected chi connectivity index (χ1v) is 11.6. The van der Waals surface area contributed by atoms with E-state index in [1.807, 2.05) is 64.9 Å².